The largest absolute Gasteiger partial charge is 0.315 e. The van der Waals surface area contributed by atoms with E-state index in [1.165, 1.54) is 0 Å². The summed E-state index contributed by atoms with van der Waals surface area (Å²) >= 11 is 11.9. The highest BCUT2D eigenvalue weighted by Gasteiger charge is 2.18. The third-order valence-corrected chi connectivity index (χ3v) is 3.54. The fraction of sp³-hybridized carbons (Fsp3) is 0.364. The lowest BCUT2D eigenvalue weighted by molar-refractivity contribution is 0.208. The van der Waals surface area contributed by atoms with E-state index >= 15 is 0 Å². The first-order chi connectivity index (χ1) is 8.72. The van der Waals surface area contributed by atoms with Crippen molar-refractivity contribution >= 4 is 23.2 Å². The van der Waals surface area contributed by atoms with Crippen LogP contribution in [-0.2, 0) is 19.6 Å². The van der Waals surface area contributed by atoms with Crippen molar-refractivity contribution in [3.05, 3.63) is 40.2 Å². The van der Waals surface area contributed by atoms with Gasteiger partial charge in [0, 0.05) is 25.2 Å². The predicted molar refractivity (Wildman–Crippen MR) is 68.4 cm³/mol. The topological polar surface area (TPSA) is 46.8 Å². The summed E-state index contributed by atoms with van der Waals surface area (Å²) in [5.74, 6) is 0.985. The van der Waals surface area contributed by atoms with Gasteiger partial charge >= 0.3 is 0 Å². The van der Waals surface area contributed by atoms with Crippen molar-refractivity contribution in [2.24, 2.45) is 0 Å². The minimum Gasteiger partial charge on any atom is -0.315 e. The SMILES string of the molecule is Clc1ccc(CN2CCn3cnnc3C2)c(Cl)n1. The number of halogens is 2. The van der Waals surface area contributed by atoms with Crippen LogP contribution in [0.5, 0.6) is 0 Å². The van der Waals surface area contributed by atoms with Gasteiger partial charge in [-0.3, -0.25) is 4.90 Å². The fourth-order valence-electron chi connectivity index (χ4n) is 2.05. The van der Waals surface area contributed by atoms with E-state index in [1.54, 1.807) is 12.4 Å². The predicted octanol–water partition coefficient (Wildman–Crippen LogP) is 2.00. The van der Waals surface area contributed by atoms with Crippen molar-refractivity contribution in [2.45, 2.75) is 19.6 Å². The standard InChI is InChI=1S/C11H11Cl2N5/c12-9-2-1-8(11(13)15-9)5-17-3-4-18-7-14-16-10(18)6-17/h1-2,7H,3-6H2. The third kappa shape index (κ3) is 2.34. The first kappa shape index (κ1) is 11.9. The zero-order valence-electron chi connectivity index (χ0n) is 9.55. The summed E-state index contributed by atoms with van der Waals surface area (Å²) in [6.07, 6.45) is 1.77. The number of nitrogens with zero attached hydrogens (tertiary/aromatic N) is 5. The van der Waals surface area contributed by atoms with Crippen LogP contribution in [0, 0.1) is 0 Å². The number of aromatic nitrogens is 4. The van der Waals surface area contributed by atoms with Gasteiger partial charge in [-0.1, -0.05) is 29.3 Å². The molecule has 0 spiro atoms. The summed E-state index contributed by atoms with van der Waals surface area (Å²) in [4.78, 5) is 6.31. The van der Waals surface area contributed by atoms with Crippen molar-refractivity contribution in [3.63, 3.8) is 0 Å². The molecular formula is C11H11Cl2N5. The van der Waals surface area contributed by atoms with Crippen LogP contribution in [0.25, 0.3) is 0 Å². The van der Waals surface area contributed by atoms with Gasteiger partial charge in [0.05, 0.1) is 6.54 Å². The Morgan fingerprint density at radius 2 is 2.11 bits per heavy atom. The average molecular weight is 284 g/mol. The first-order valence-corrected chi connectivity index (χ1v) is 6.38. The smallest absolute Gasteiger partial charge is 0.147 e. The molecule has 0 radical (unpaired) electrons. The van der Waals surface area contributed by atoms with Crippen LogP contribution in [-0.4, -0.2) is 31.2 Å². The Kier molecular flexibility index (Phi) is 3.20. The summed E-state index contributed by atoms with van der Waals surface area (Å²) in [5, 5.41) is 8.88. The molecule has 5 nitrogen and oxygen atoms in total. The highest BCUT2D eigenvalue weighted by Crippen LogP contribution is 2.20. The zero-order valence-corrected chi connectivity index (χ0v) is 11.1. The van der Waals surface area contributed by atoms with E-state index in [2.05, 4.69) is 24.6 Å². The molecule has 2 aromatic rings. The van der Waals surface area contributed by atoms with E-state index in [0.717, 1.165) is 37.6 Å². The molecule has 1 aliphatic rings. The monoisotopic (exact) mass is 283 g/mol. The Morgan fingerprint density at radius 3 is 2.94 bits per heavy atom. The average Bonchev–Trinajstić information content (AvgIpc) is 2.80. The number of hydrogen-bond acceptors (Lipinski definition) is 4. The molecule has 0 N–H and O–H groups in total. The number of fused-ring (bicyclic) bond motifs is 1. The van der Waals surface area contributed by atoms with Crippen LogP contribution in [0.2, 0.25) is 10.3 Å². The molecule has 0 saturated carbocycles. The van der Waals surface area contributed by atoms with Gasteiger partial charge in [0.15, 0.2) is 0 Å². The number of rotatable bonds is 2. The Bertz CT molecular complexity index is 568. The van der Waals surface area contributed by atoms with E-state index in [0.29, 0.717) is 10.3 Å². The van der Waals surface area contributed by atoms with Gasteiger partial charge < -0.3 is 4.57 Å². The molecule has 0 fully saturated rings. The van der Waals surface area contributed by atoms with Crippen molar-refractivity contribution in [2.75, 3.05) is 6.54 Å². The Hall–Kier alpha value is -1.17. The van der Waals surface area contributed by atoms with E-state index < -0.39 is 0 Å². The molecule has 0 amide bonds. The van der Waals surface area contributed by atoms with E-state index in [9.17, 15) is 0 Å². The van der Waals surface area contributed by atoms with Gasteiger partial charge in [-0.05, 0) is 6.07 Å². The molecule has 2 aromatic heterocycles. The first-order valence-electron chi connectivity index (χ1n) is 5.62. The maximum atomic E-state index is 6.07. The van der Waals surface area contributed by atoms with Crippen LogP contribution in [0.4, 0.5) is 0 Å². The lowest BCUT2D eigenvalue weighted by Gasteiger charge is -2.26. The number of hydrogen-bond donors (Lipinski definition) is 0. The molecule has 0 bridgehead atoms. The molecular weight excluding hydrogens is 273 g/mol. The van der Waals surface area contributed by atoms with Crippen LogP contribution >= 0.6 is 23.2 Å². The van der Waals surface area contributed by atoms with Crippen LogP contribution in [0.1, 0.15) is 11.4 Å². The maximum absolute atomic E-state index is 6.07. The third-order valence-electron chi connectivity index (χ3n) is 3.00. The summed E-state index contributed by atoms with van der Waals surface area (Å²) in [6.45, 7) is 3.37. The second-order valence-electron chi connectivity index (χ2n) is 4.24. The Balaban J connectivity index is 1.74. The van der Waals surface area contributed by atoms with E-state index in [4.69, 9.17) is 23.2 Å². The summed E-state index contributed by atoms with van der Waals surface area (Å²) < 4.78 is 2.07. The van der Waals surface area contributed by atoms with Crippen molar-refractivity contribution in [1.82, 2.24) is 24.6 Å². The molecule has 18 heavy (non-hydrogen) atoms. The molecule has 1 aliphatic heterocycles. The van der Waals surface area contributed by atoms with Gasteiger partial charge in [0.25, 0.3) is 0 Å². The second-order valence-corrected chi connectivity index (χ2v) is 4.98. The van der Waals surface area contributed by atoms with E-state index in [-0.39, 0.29) is 0 Å². The maximum Gasteiger partial charge on any atom is 0.147 e. The molecule has 94 valence electrons. The minimum absolute atomic E-state index is 0.419. The normalized spacial score (nSPS) is 15.7. The van der Waals surface area contributed by atoms with Gasteiger partial charge in [-0.15, -0.1) is 10.2 Å². The summed E-state index contributed by atoms with van der Waals surface area (Å²) in [5.41, 5.74) is 0.981. The molecule has 0 atom stereocenters. The Labute approximate surface area is 114 Å². The highest BCUT2D eigenvalue weighted by molar-refractivity contribution is 6.32. The van der Waals surface area contributed by atoms with Gasteiger partial charge in [0.2, 0.25) is 0 Å². The number of pyridine rings is 1. The van der Waals surface area contributed by atoms with Crippen molar-refractivity contribution in [3.8, 4) is 0 Å². The minimum atomic E-state index is 0.419. The molecule has 0 unspecified atom stereocenters. The molecule has 0 aromatic carbocycles. The summed E-state index contributed by atoms with van der Waals surface area (Å²) in [6, 6.07) is 3.67. The van der Waals surface area contributed by atoms with Crippen molar-refractivity contribution in [1.29, 1.82) is 0 Å². The molecule has 0 saturated heterocycles. The zero-order chi connectivity index (χ0) is 12.5. The summed E-state index contributed by atoms with van der Waals surface area (Å²) in [7, 11) is 0. The molecule has 3 rings (SSSR count). The highest BCUT2D eigenvalue weighted by atomic mass is 35.5. The van der Waals surface area contributed by atoms with Crippen molar-refractivity contribution < 1.29 is 0 Å². The quantitative estimate of drug-likeness (QED) is 0.791. The lowest BCUT2D eigenvalue weighted by atomic mass is 10.2. The van der Waals surface area contributed by atoms with Crippen LogP contribution < -0.4 is 0 Å². The Morgan fingerprint density at radius 1 is 1.22 bits per heavy atom. The van der Waals surface area contributed by atoms with Gasteiger partial charge in [-0.25, -0.2) is 4.98 Å². The van der Waals surface area contributed by atoms with Gasteiger partial charge in [-0.2, -0.15) is 0 Å². The van der Waals surface area contributed by atoms with E-state index in [1.807, 2.05) is 6.07 Å². The molecule has 7 heteroatoms. The molecule has 0 aliphatic carbocycles. The second kappa shape index (κ2) is 4.84. The van der Waals surface area contributed by atoms with Crippen LogP contribution in [0.3, 0.4) is 0 Å². The van der Waals surface area contributed by atoms with Gasteiger partial charge in [0.1, 0.15) is 22.5 Å². The fourth-order valence-corrected chi connectivity index (χ4v) is 2.46. The molecule has 3 heterocycles. The van der Waals surface area contributed by atoms with Crippen LogP contribution in [0.15, 0.2) is 18.5 Å². The lowest BCUT2D eigenvalue weighted by Crippen LogP contribution is -2.33.